The Morgan fingerprint density at radius 2 is 1.85 bits per heavy atom. The number of hydrogen-bond donors (Lipinski definition) is 0. The summed E-state index contributed by atoms with van der Waals surface area (Å²) < 4.78 is 5.39. The Kier molecular flexibility index (Phi) is 4.82. The molecule has 1 saturated heterocycles. The van der Waals surface area contributed by atoms with E-state index in [1.165, 1.54) is 0 Å². The second kappa shape index (κ2) is 7.57. The number of hydrogen-bond acceptors (Lipinski definition) is 6. The smallest absolute Gasteiger partial charge is 0.259 e. The van der Waals surface area contributed by atoms with Gasteiger partial charge in [0.25, 0.3) is 5.89 Å². The van der Waals surface area contributed by atoms with Gasteiger partial charge in [0.2, 0.25) is 5.91 Å². The Bertz CT molecular complexity index is 900. The molecule has 1 fully saturated rings. The molecule has 138 valence electrons. The van der Waals surface area contributed by atoms with Crippen molar-refractivity contribution in [1.29, 1.82) is 0 Å². The van der Waals surface area contributed by atoms with Gasteiger partial charge in [0.1, 0.15) is 5.82 Å². The standard InChI is InChI=1S/C20H21N5O2/c1-15(26)24-9-11-25(12-10-24)19-8-7-17(14-21-19)20-22-18(23-27-20)13-16-5-3-2-4-6-16/h2-8,14H,9-13H2,1H3. The maximum atomic E-state index is 11.4. The lowest BCUT2D eigenvalue weighted by molar-refractivity contribution is -0.129. The lowest BCUT2D eigenvalue weighted by Crippen LogP contribution is -2.48. The predicted molar refractivity (Wildman–Crippen MR) is 101 cm³/mol. The molecular weight excluding hydrogens is 342 g/mol. The van der Waals surface area contributed by atoms with Crippen LogP contribution >= 0.6 is 0 Å². The summed E-state index contributed by atoms with van der Waals surface area (Å²) in [5, 5.41) is 4.06. The van der Waals surface area contributed by atoms with Crippen LogP contribution in [0.2, 0.25) is 0 Å². The van der Waals surface area contributed by atoms with Gasteiger partial charge < -0.3 is 14.3 Å². The Morgan fingerprint density at radius 3 is 2.52 bits per heavy atom. The minimum Gasteiger partial charge on any atom is -0.353 e. The zero-order chi connectivity index (χ0) is 18.6. The average Bonchev–Trinajstić information content (AvgIpc) is 3.17. The highest BCUT2D eigenvalue weighted by Crippen LogP contribution is 2.21. The van der Waals surface area contributed by atoms with E-state index >= 15 is 0 Å². The number of carbonyl (C=O) groups is 1. The van der Waals surface area contributed by atoms with Crippen LogP contribution in [0.4, 0.5) is 5.82 Å². The molecule has 0 N–H and O–H groups in total. The molecule has 0 aliphatic carbocycles. The molecule has 4 rings (SSSR count). The van der Waals surface area contributed by atoms with Gasteiger partial charge in [-0.3, -0.25) is 4.79 Å². The summed E-state index contributed by atoms with van der Waals surface area (Å²) in [6, 6.07) is 14.0. The Morgan fingerprint density at radius 1 is 1.07 bits per heavy atom. The second-order valence-corrected chi connectivity index (χ2v) is 6.58. The molecule has 1 aliphatic heterocycles. The van der Waals surface area contributed by atoms with Crippen molar-refractivity contribution in [2.75, 3.05) is 31.1 Å². The molecule has 7 nitrogen and oxygen atoms in total. The maximum Gasteiger partial charge on any atom is 0.259 e. The number of benzene rings is 1. The first kappa shape index (κ1) is 17.2. The molecule has 0 radical (unpaired) electrons. The van der Waals surface area contributed by atoms with E-state index in [9.17, 15) is 4.79 Å². The number of aromatic nitrogens is 3. The van der Waals surface area contributed by atoms with E-state index in [1.54, 1.807) is 13.1 Å². The summed E-state index contributed by atoms with van der Waals surface area (Å²) >= 11 is 0. The fourth-order valence-corrected chi connectivity index (χ4v) is 3.17. The number of nitrogens with zero attached hydrogens (tertiary/aromatic N) is 5. The van der Waals surface area contributed by atoms with Gasteiger partial charge in [-0.25, -0.2) is 4.98 Å². The fraction of sp³-hybridized carbons (Fsp3) is 0.300. The predicted octanol–water partition coefficient (Wildman–Crippen LogP) is 2.39. The van der Waals surface area contributed by atoms with Crippen molar-refractivity contribution in [3.8, 4) is 11.5 Å². The largest absolute Gasteiger partial charge is 0.353 e. The van der Waals surface area contributed by atoms with Crippen molar-refractivity contribution in [2.45, 2.75) is 13.3 Å². The Hall–Kier alpha value is -3.22. The number of pyridine rings is 1. The molecule has 0 atom stereocenters. The monoisotopic (exact) mass is 363 g/mol. The second-order valence-electron chi connectivity index (χ2n) is 6.58. The minimum absolute atomic E-state index is 0.126. The molecular formula is C20H21N5O2. The highest BCUT2D eigenvalue weighted by atomic mass is 16.5. The van der Waals surface area contributed by atoms with Gasteiger partial charge in [-0.05, 0) is 17.7 Å². The Balaban J connectivity index is 1.42. The zero-order valence-electron chi connectivity index (χ0n) is 15.2. The van der Waals surface area contributed by atoms with Gasteiger partial charge in [-0.2, -0.15) is 4.98 Å². The van der Waals surface area contributed by atoms with Crippen molar-refractivity contribution >= 4 is 11.7 Å². The normalized spacial score (nSPS) is 14.4. The van der Waals surface area contributed by atoms with Gasteiger partial charge in [0.15, 0.2) is 5.82 Å². The maximum absolute atomic E-state index is 11.4. The SMILES string of the molecule is CC(=O)N1CCN(c2ccc(-c3nc(Cc4ccccc4)no3)cn2)CC1. The third-order valence-corrected chi connectivity index (χ3v) is 4.72. The van der Waals surface area contributed by atoms with Crippen molar-refractivity contribution in [3.05, 3.63) is 60.0 Å². The molecule has 27 heavy (non-hydrogen) atoms. The molecule has 1 aromatic carbocycles. The van der Waals surface area contributed by atoms with Gasteiger partial charge in [0.05, 0.1) is 5.56 Å². The van der Waals surface area contributed by atoms with Gasteiger partial charge in [-0.15, -0.1) is 0 Å². The number of amides is 1. The Labute approximate surface area is 157 Å². The van der Waals surface area contributed by atoms with Gasteiger partial charge in [-0.1, -0.05) is 35.5 Å². The van der Waals surface area contributed by atoms with Crippen LogP contribution in [0.5, 0.6) is 0 Å². The summed E-state index contributed by atoms with van der Waals surface area (Å²) in [7, 11) is 0. The average molecular weight is 363 g/mol. The van der Waals surface area contributed by atoms with Crippen LogP contribution in [0.25, 0.3) is 11.5 Å². The molecule has 0 saturated carbocycles. The molecule has 1 amide bonds. The third-order valence-electron chi connectivity index (χ3n) is 4.72. The van der Waals surface area contributed by atoms with Crippen LogP contribution in [0.1, 0.15) is 18.3 Å². The topological polar surface area (TPSA) is 75.4 Å². The number of anilines is 1. The van der Waals surface area contributed by atoms with E-state index in [0.29, 0.717) is 18.1 Å². The first-order valence-corrected chi connectivity index (χ1v) is 9.02. The van der Waals surface area contributed by atoms with E-state index in [2.05, 4.69) is 20.0 Å². The highest BCUT2D eigenvalue weighted by molar-refractivity contribution is 5.73. The number of piperazine rings is 1. The molecule has 2 aromatic heterocycles. The molecule has 1 aliphatic rings. The number of rotatable bonds is 4. The van der Waals surface area contributed by atoms with Crippen LogP contribution in [-0.4, -0.2) is 52.1 Å². The lowest BCUT2D eigenvalue weighted by atomic mass is 10.1. The van der Waals surface area contributed by atoms with Gasteiger partial charge in [0, 0.05) is 45.7 Å². The molecule has 0 bridgehead atoms. The van der Waals surface area contributed by atoms with E-state index in [-0.39, 0.29) is 5.91 Å². The first-order valence-electron chi connectivity index (χ1n) is 9.02. The zero-order valence-corrected chi connectivity index (χ0v) is 15.2. The van der Waals surface area contributed by atoms with Gasteiger partial charge >= 0.3 is 0 Å². The van der Waals surface area contributed by atoms with Crippen LogP contribution in [0, 0.1) is 0 Å². The fourth-order valence-electron chi connectivity index (χ4n) is 3.17. The summed E-state index contributed by atoms with van der Waals surface area (Å²) in [6.07, 6.45) is 2.39. The molecule has 3 heterocycles. The van der Waals surface area contributed by atoms with Crippen molar-refractivity contribution in [1.82, 2.24) is 20.0 Å². The summed E-state index contributed by atoms with van der Waals surface area (Å²) in [5.74, 6) is 2.15. The summed E-state index contributed by atoms with van der Waals surface area (Å²) in [6.45, 7) is 4.64. The quantitative estimate of drug-likeness (QED) is 0.708. The molecule has 0 unspecified atom stereocenters. The summed E-state index contributed by atoms with van der Waals surface area (Å²) in [4.78, 5) is 24.5. The number of carbonyl (C=O) groups excluding carboxylic acids is 1. The molecule has 7 heteroatoms. The molecule has 3 aromatic rings. The van der Waals surface area contributed by atoms with E-state index < -0.39 is 0 Å². The van der Waals surface area contributed by atoms with E-state index in [4.69, 9.17) is 4.52 Å². The minimum atomic E-state index is 0.126. The van der Waals surface area contributed by atoms with E-state index in [1.807, 2.05) is 47.4 Å². The van der Waals surface area contributed by atoms with Crippen LogP contribution in [-0.2, 0) is 11.2 Å². The lowest BCUT2D eigenvalue weighted by Gasteiger charge is -2.34. The van der Waals surface area contributed by atoms with Crippen LogP contribution in [0.15, 0.2) is 53.2 Å². The highest BCUT2D eigenvalue weighted by Gasteiger charge is 2.19. The first-order chi connectivity index (χ1) is 13.2. The van der Waals surface area contributed by atoms with Crippen molar-refractivity contribution in [3.63, 3.8) is 0 Å². The van der Waals surface area contributed by atoms with Crippen molar-refractivity contribution in [2.24, 2.45) is 0 Å². The van der Waals surface area contributed by atoms with Crippen molar-refractivity contribution < 1.29 is 9.32 Å². The van der Waals surface area contributed by atoms with Crippen LogP contribution in [0.3, 0.4) is 0 Å². The van der Waals surface area contributed by atoms with Crippen LogP contribution < -0.4 is 4.90 Å². The van der Waals surface area contributed by atoms with E-state index in [0.717, 1.165) is 43.1 Å². The third kappa shape index (κ3) is 3.97. The summed E-state index contributed by atoms with van der Waals surface area (Å²) in [5.41, 5.74) is 1.94. The molecule has 0 spiro atoms.